The molecule has 2 fully saturated rings. The van der Waals surface area contributed by atoms with E-state index in [0.717, 1.165) is 25.9 Å². The fourth-order valence-electron chi connectivity index (χ4n) is 3.10. The highest BCUT2D eigenvalue weighted by Gasteiger charge is 2.45. The predicted molar refractivity (Wildman–Crippen MR) is 89.7 cm³/mol. The Morgan fingerprint density at radius 3 is 2.71 bits per heavy atom. The van der Waals surface area contributed by atoms with E-state index in [1.807, 2.05) is 0 Å². The van der Waals surface area contributed by atoms with Crippen molar-refractivity contribution >= 4 is 50.0 Å². The van der Waals surface area contributed by atoms with Gasteiger partial charge in [-0.2, -0.15) is 4.31 Å². The summed E-state index contributed by atoms with van der Waals surface area (Å²) in [7, 11) is -3.54. The van der Waals surface area contributed by atoms with Crippen molar-refractivity contribution in [2.24, 2.45) is 5.41 Å². The maximum atomic E-state index is 12.8. The zero-order chi connectivity index (χ0) is 14.4. The molecule has 1 N–H and O–H groups in total. The Labute approximate surface area is 144 Å². The number of sulfonamides is 1. The number of halogens is 3. The van der Waals surface area contributed by atoms with Gasteiger partial charge in [0.1, 0.15) is 4.90 Å². The van der Waals surface area contributed by atoms with Crippen LogP contribution in [0.1, 0.15) is 12.8 Å². The molecule has 4 nitrogen and oxygen atoms in total. The molecule has 0 aliphatic carbocycles. The minimum atomic E-state index is -3.54. The van der Waals surface area contributed by atoms with Gasteiger partial charge in [0.15, 0.2) is 0 Å². The second kappa shape index (κ2) is 6.34. The number of rotatable bonds is 2. The minimum absolute atomic E-state index is 0. The average Bonchev–Trinajstić information content (AvgIpc) is 3.00. The summed E-state index contributed by atoms with van der Waals surface area (Å²) in [4.78, 5) is 0.185. The number of benzene rings is 1. The molecule has 2 aliphatic rings. The third-order valence-electron chi connectivity index (χ3n) is 4.25. The lowest BCUT2D eigenvalue weighted by molar-refractivity contribution is 0.338. The van der Waals surface area contributed by atoms with Crippen molar-refractivity contribution in [3.05, 3.63) is 27.7 Å². The van der Waals surface area contributed by atoms with Crippen molar-refractivity contribution in [1.29, 1.82) is 0 Å². The summed E-state index contributed by atoms with van der Waals surface area (Å²) in [5.74, 6) is 0. The van der Waals surface area contributed by atoms with Crippen LogP contribution in [0.5, 0.6) is 0 Å². The number of nitrogens with zero attached hydrogens (tertiary/aromatic N) is 1. The molecule has 2 heterocycles. The van der Waals surface area contributed by atoms with Crippen molar-refractivity contribution < 1.29 is 8.42 Å². The van der Waals surface area contributed by atoms with E-state index in [-0.39, 0.29) is 27.7 Å². The van der Waals surface area contributed by atoms with E-state index in [9.17, 15) is 8.42 Å². The molecule has 1 unspecified atom stereocenters. The SMILES string of the molecule is Cl.O=S(=O)(c1c(Cl)cccc1Br)N1CCC2(CCNC2)C1. The molecule has 1 spiro atoms. The number of hydrogen-bond acceptors (Lipinski definition) is 3. The minimum Gasteiger partial charge on any atom is -0.316 e. The summed E-state index contributed by atoms with van der Waals surface area (Å²) < 4.78 is 27.7. The predicted octanol–water partition coefficient (Wildman–Crippen LogP) is 2.90. The summed E-state index contributed by atoms with van der Waals surface area (Å²) >= 11 is 9.40. The molecular formula is C13H17BrCl2N2O2S. The fourth-order valence-corrected chi connectivity index (χ4v) is 6.32. The van der Waals surface area contributed by atoms with Crippen molar-refractivity contribution in [2.45, 2.75) is 17.7 Å². The lowest BCUT2D eigenvalue weighted by Crippen LogP contribution is -2.33. The summed E-state index contributed by atoms with van der Waals surface area (Å²) in [5.41, 5.74) is 0.112. The molecule has 118 valence electrons. The van der Waals surface area contributed by atoms with Gasteiger partial charge in [0.2, 0.25) is 10.0 Å². The summed E-state index contributed by atoms with van der Waals surface area (Å²) in [6, 6.07) is 5.06. The lowest BCUT2D eigenvalue weighted by Gasteiger charge is -2.23. The first-order valence-electron chi connectivity index (χ1n) is 6.60. The smallest absolute Gasteiger partial charge is 0.245 e. The molecule has 1 aromatic rings. The Kier molecular flexibility index (Phi) is 5.28. The van der Waals surface area contributed by atoms with Crippen LogP contribution in [-0.2, 0) is 10.0 Å². The lowest BCUT2D eigenvalue weighted by atomic mass is 9.87. The van der Waals surface area contributed by atoms with Crippen LogP contribution in [0.2, 0.25) is 5.02 Å². The zero-order valence-electron chi connectivity index (χ0n) is 11.3. The van der Waals surface area contributed by atoms with E-state index in [4.69, 9.17) is 11.6 Å². The normalized spacial score (nSPS) is 26.2. The molecule has 1 atom stereocenters. The molecule has 21 heavy (non-hydrogen) atoms. The molecule has 0 aromatic heterocycles. The van der Waals surface area contributed by atoms with Crippen LogP contribution in [-0.4, -0.2) is 38.9 Å². The fraction of sp³-hybridized carbons (Fsp3) is 0.538. The van der Waals surface area contributed by atoms with Crippen LogP contribution in [0.25, 0.3) is 0 Å². The van der Waals surface area contributed by atoms with E-state index in [2.05, 4.69) is 21.2 Å². The summed E-state index contributed by atoms with van der Waals surface area (Å²) in [6.45, 7) is 3.04. The van der Waals surface area contributed by atoms with Gasteiger partial charge in [0.05, 0.1) is 5.02 Å². The molecule has 0 bridgehead atoms. The zero-order valence-corrected chi connectivity index (χ0v) is 15.3. The van der Waals surface area contributed by atoms with Gasteiger partial charge in [0, 0.05) is 24.1 Å². The van der Waals surface area contributed by atoms with Crippen LogP contribution in [0.4, 0.5) is 0 Å². The van der Waals surface area contributed by atoms with Gasteiger partial charge < -0.3 is 5.32 Å². The van der Waals surface area contributed by atoms with Gasteiger partial charge in [-0.15, -0.1) is 12.4 Å². The van der Waals surface area contributed by atoms with Crippen LogP contribution in [0, 0.1) is 5.41 Å². The third kappa shape index (κ3) is 3.12. The van der Waals surface area contributed by atoms with Crippen molar-refractivity contribution in [3.8, 4) is 0 Å². The third-order valence-corrected chi connectivity index (χ3v) is 7.55. The van der Waals surface area contributed by atoms with Gasteiger partial charge in [-0.25, -0.2) is 8.42 Å². The van der Waals surface area contributed by atoms with Gasteiger partial charge in [-0.05, 0) is 52.9 Å². The first kappa shape index (κ1) is 17.5. The molecule has 2 aliphatic heterocycles. The molecule has 0 radical (unpaired) electrons. The molecule has 2 saturated heterocycles. The first-order valence-corrected chi connectivity index (χ1v) is 9.21. The molecule has 0 amide bonds. The second-order valence-electron chi connectivity index (χ2n) is 5.57. The van der Waals surface area contributed by atoms with Gasteiger partial charge in [0.25, 0.3) is 0 Å². The van der Waals surface area contributed by atoms with Gasteiger partial charge in [-0.1, -0.05) is 17.7 Å². The Hall–Kier alpha value is 0.150. The summed E-state index contributed by atoms with van der Waals surface area (Å²) in [6.07, 6.45) is 1.96. The van der Waals surface area contributed by atoms with Crippen LogP contribution in [0.15, 0.2) is 27.6 Å². The Bertz CT molecular complexity index is 613. The largest absolute Gasteiger partial charge is 0.316 e. The quantitative estimate of drug-likeness (QED) is 0.807. The van der Waals surface area contributed by atoms with Crippen LogP contribution >= 0.6 is 39.9 Å². The molecular weight excluding hydrogens is 399 g/mol. The molecule has 3 rings (SSSR count). The van der Waals surface area contributed by atoms with E-state index in [1.165, 1.54) is 0 Å². The Morgan fingerprint density at radius 2 is 2.10 bits per heavy atom. The van der Waals surface area contributed by atoms with Crippen molar-refractivity contribution in [3.63, 3.8) is 0 Å². The van der Waals surface area contributed by atoms with E-state index < -0.39 is 10.0 Å². The van der Waals surface area contributed by atoms with E-state index in [1.54, 1.807) is 22.5 Å². The second-order valence-corrected chi connectivity index (χ2v) is 8.70. The van der Waals surface area contributed by atoms with Gasteiger partial charge in [-0.3, -0.25) is 0 Å². The summed E-state index contributed by atoms with van der Waals surface area (Å²) in [5, 5.41) is 3.60. The Morgan fingerprint density at radius 1 is 1.33 bits per heavy atom. The highest BCUT2D eigenvalue weighted by molar-refractivity contribution is 9.10. The number of nitrogens with one attached hydrogen (secondary N) is 1. The molecule has 8 heteroatoms. The maximum absolute atomic E-state index is 12.8. The molecule has 0 saturated carbocycles. The van der Waals surface area contributed by atoms with Crippen molar-refractivity contribution in [1.82, 2.24) is 9.62 Å². The van der Waals surface area contributed by atoms with E-state index >= 15 is 0 Å². The van der Waals surface area contributed by atoms with Crippen molar-refractivity contribution in [2.75, 3.05) is 26.2 Å². The van der Waals surface area contributed by atoms with Gasteiger partial charge >= 0.3 is 0 Å². The average molecular weight is 416 g/mol. The maximum Gasteiger partial charge on any atom is 0.245 e. The number of hydrogen-bond donors (Lipinski definition) is 1. The Balaban J connectivity index is 0.00000161. The van der Waals surface area contributed by atoms with E-state index in [0.29, 0.717) is 17.6 Å². The standard InChI is InChI=1S/C13H16BrClN2O2S.ClH/c14-10-2-1-3-11(15)12(10)20(18,19)17-7-5-13(9-17)4-6-16-8-13;/h1-3,16H,4-9H2;1H. The molecule has 1 aromatic carbocycles. The van der Waals surface area contributed by atoms with Crippen LogP contribution in [0.3, 0.4) is 0 Å². The topological polar surface area (TPSA) is 49.4 Å². The highest BCUT2D eigenvalue weighted by Crippen LogP contribution is 2.40. The first-order chi connectivity index (χ1) is 9.45. The highest BCUT2D eigenvalue weighted by atomic mass is 79.9. The van der Waals surface area contributed by atoms with Crippen LogP contribution < -0.4 is 5.32 Å². The monoisotopic (exact) mass is 414 g/mol.